The number of carbonyl (C=O) groups is 2. The third kappa shape index (κ3) is 4.14. The van der Waals surface area contributed by atoms with Crippen molar-refractivity contribution in [1.29, 1.82) is 0 Å². The van der Waals surface area contributed by atoms with Crippen LogP contribution in [0.1, 0.15) is 18.4 Å². The standard InChI is InChI=1S/C20H22N2O4/c1-14-5-8-16(9-6-14)26-13-19(23)21-15-7-10-17(18(12-15)25-2)22-11-3-4-20(22)24/h5-10,12H,3-4,11,13H2,1-2H3,(H,21,23). The maximum Gasteiger partial charge on any atom is 0.262 e. The molecule has 1 fully saturated rings. The molecule has 0 unspecified atom stereocenters. The first-order valence-corrected chi connectivity index (χ1v) is 8.54. The molecule has 0 aromatic heterocycles. The Balaban J connectivity index is 1.63. The number of benzene rings is 2. The predicted octanol–water partition coefficient (Wildman–Crippen LogP) is 3.15. The molecule has 0 aliphatic carbocycles. The van der Waals surface area contributed by atoms with Gasteiger partial charge in [0.1, 0.15) is 11.5 Å². The number of methoxy groups -OCH3 is 1. The van der Waals surface area contributed by atoms with Crippen molar-refractivity contribution in [3.05, 3.63) is 48.0 Å². The van der Waals surface area contributed by atoms with Crippen LogP contribution >= 0.6 is 0 Å². The summed E-state index contributed by atoms with van der Waals surface area (Å²) in [6, 6.07) is 12.8. The lowest BCUT2D eigenvalue weighted by Gasteiger charge is -2.19. The Labute approximate surface area is 152 Å². The van der Waals surface area contributed by atoms with Crippen molar-refractivity contribution in [2.45, 2.75) is 19.8 Å². The summed E-state index contributed by atoms with van der Waals surface area (Å²) in [5.74, 6) is 1.02. The Morgan fingerprint density at radius 3 is 2.62 bits per heavy atom. The van der Waals surface area contributed by atoms with Crippen LogP contribution in [0.15, 0.2) is 42.5 Å². The second-order valence-corrected chi connectivity index (χ2v) is 6.19. The highest BCUT2D eigenvalue weighted by atomic mass is 16.5. The van der Waals surface area contributed by atoms with Gasteiger partial charge in [-0.05, 0) is 37.6 Å². The van der Waals surface area contributed by atoms with Crippen LogP contribution in [0, 0.1) is 6.92 Å². The molecule has 0 spiro atoms. The largest absolute Gasteiger partial charge is 0.494 e. The highest BCUT2D eigenvalue weighted by Crippen LogP contribution is 2.33. The van der Waals surface area contributed by atoms with Crippen molar-refractivity contribution in [2.24, 2.45) is 0 Å². The third-order valence-electron chi connectivity index (χ3n) is 4.22. The van der Waals surface area contributed by atoms with Gasteiger partial charge in [0.25, 0.3) is 5.91 Å². The fraction of sp³-hybridized carbons (Fsp3) is 0.300. The molecule has 0 radical (unpaired) electrons. The van der Waals surface area contributed by atoms with Crippen LogP contribution in [0.5, 0.6) is 11.5 Å². The Bertz CT molecular complexity index is 802. The molecule has 1 aliphatic rings. The fourth-order valence-electron chi connectivity index (χ4n) is 2.86. The maximum atomic E-state index is 12.1. The SMILES string of the molecule is COc1cc(NC(=O)COc2ccc(C)cc2)ccc1N1CCCC1=O. The molecular formula is C20H22N2O4. The van der Waals surface area contributed by atoms with Crippen LogP contribution in [0.25, 0.3) is 0 Å². The van der Waals surface area contributed by atoms with Gasteiger partial charge < -0.3 is 19.7 Å². The van der Waals surface area contributed by atoms with Gasteiger partial charge in [-0.15, -0.1) is 0 Å². The summed E-state index contributed by atoms with van der Waals surface area (Å²) >= 11 is 0. The number of anilines is 2. The molecule has 136 valence electrons. The van der Waals surface area contributed by atoms with E-state index in [4.69, 9.17) is 9.47 Å². The minimum absolute atomic E-state index is 0.0856. The molecule has 26 heavy (non-hydrogen) atoms. The van der Waals surface area contributed by atoms with Crippen LogP contribution in [0.3, 0.4) is 0 Å². The first-order valence-electron chi connectivity index (χ1n) is 8.54. The van der Waals surface area contributed by atoms with E-state index in [1.165, 1.54) is 0 Å². The molecule has 1 N–H and O–H groups in total. The van der Waals surface area contributed by atoms with E-state index in [0.717, 1.165) is 17.7 Å². The number of hydrogen-bond donors (Lipinski definition) is 1. The number of amides is 2. The topological polar surface area (TPSA) is 67.9 Å². The summed E-state index contributed by atoms with van der Waals surface area (Å²) in [6.45, 7) is 2.59. The molecular weight excluding hydrogens is 332 g/mol. The second-order valence-electron chi connectivity index (χ2n) is 6.19. The van der Waals surface area contributed by atoms with Gasteiger partial charge in [0.2, 0.25) is 5.91 Å². The van der Waals surface area contributed by atoms with Gasteiger partial charge in [-0.3, -0.25) is 9.59 Å². The molecule has 6 heteroatoms. The summed E-state index contributed by atoms with van der Waals surface area (Å²) in [6.07, 6.45) is 1.40. The smallest absolute Gasteiger partial charge is 0.262 e. The average Bonchev–Trinajstić information content (AvgIpc) is 3.07. The normalized spacial score (nSPS) is 13.6. The first-order chi connectivity index (χ1) is 12.6. The maximum absolute atomic E-state index is 12.1. The van der Waals surface area contributed by atoms with E-state index in [2.05, 4.69) is 5.32 Å². The first kappa shape index (κ1) is 17.8. The summed E-state index contributed by atoms with van der Waals surface area (Å²) in [4.78, 5) is 25.7. The monoisotopic (exact) mass is 354 g/mol. The number of carbonyl (C=O) groups excluding carboxylic acids is 2. The molecule has 2 aromatic carbocycles. The zero-order valence-corrected chi connectivity index (χ0v) is 15.0. The quantitative estimate of drug-likeness (QED) is 0.865. The van der Waals surface area contributed by atoms with E-state index in [0.29, 0.717) is 30.2 Å². The lowest BCUT2D eigenvalue weighted by Crippen LogP contribution is -2.24. The van der Waals surface area contributed by atoms with E-state index >= 15 is 0 Å². The molecule has 1 saturated heterocycles. The Kier molecular flexibility index (Phi) is 5.41. The summed E-state index contributed by atoms with van der Waals surface area (Å²) in [5, 5.41) is 2.78. The Morgan fingerprint density at radius 1 is 1.19 bits per heavy atom. The number of nitrogens with one attached hydrogen (secondary N) is 1. The van der Waals surface area contributed by atoms with E-state index in [9.17, 15) is 9.59 Å². The third-order valence-corrected chi connectivity index (χ3v) is 4.22. The summed E-state index contributed by atoms with van der Waals surface area (Å²) < 4.78 is 10.9. The lowest BCUT2D eigenvalue weighted by molar-refractivity contribution is -0.118. The number of rotatable bonds is 6. The molecule has 1 heterocycles. The number of aryl methyl sites for hydroxylation is 1. The molecule has 0 bridgehead atoms. The van der Waals surface area contributed by atoms with Crippen LogP contribution in [-0.2, 0) is 9.59 Å². The number of ether oxygens (including phenoxy) is 2. The highest BCUT2D eigenvalue weighted by Gasteiger charge is 2.24. The van der Waals surface area contributed by atoms with Gasteiger partial charge >= 0.3 is 0 Å². The molecule has 0 saturated carbocycles. The van der Waals surface area contributed by atoms with Crippen molar-refractivity contribution in [1.82, 2.24) is 0 Å². The van der Waals surface area contributed by atoms with Crippen LogP contribution in [0.2, 0.25) is 0 Å². The average molecular weight is 354 g/mol. The van der Waals surface area contributed by atoms with E-state index in [-0.39, 0.29) is 18.4 Å². The van der Waals surface area contributed by atoms with Gasteiger partial charge in [0.15, 0.2) is 6.61 Å². The summed E-state index contributed by atoms with van der Waals surface area (Å²) in [7, 11) is 1.55. The minimum Gasteiger partial charge on any atom is -0.494 e. The van der Waals surface area contributed by atoms with Crippen LogP contribution in [0.4, 0.5) is 11.4 Å². The van der Waals surface area contributed by atoms with Crippen molar-refractivity contribution in [2.75, 3.05) is 30.5 Å². The molecule has 1 aliphatic heterocycles. The van der Waals surface area contributed by atoms with Crippen LogP contribution in [-0.4, -0.2) is 32.1 Å². The van der Waals surface area contributed by atoms with E-state index < -0.39 is 0 Å². The van der Waals surface area contributed by atoms with E-state index in [1.54, 1.807) is 30.2 Å². The van der Waals surface area contributed by atoms with Crippen LogP contribution < -0.4 is 19.7 Å². The summed E-state index contributed by atoms with van der Waals surface area (Å²) in [5.41, 5.74) is 2.45. The van der Waals surface area contributed by atoms with Crippen molar-refractivity contribution >= 4 is 23.2 Å². The van der Waals surface area contributed by atoms with E-state index in [1.807, 2.05) is 31.2 Å². The molecule has 6 nitrogen and oxygen atoms in total. The zero-order chi connectivity index (χ0) is 18.5. The lowest BCUT2D eigenvalue weighted by atomic mass is 10.2. The van der Waals surface area contributed by atoms with Gasteiger partial charge in [-0.2, -0.15) is 0 Å². The number of nitrogens with zero attached hydrogens (tertiary/aromatic N) is 1. The van der Waals surface area contributed by atoms with Gasteiger partial charge in [-0.25, -0.2) is 0 Å². The Morgan fingerprint density at radius 2 is 1.96 bits per heavy atom. The second kappa shape index (κ2) is 7.91. The molecule has 0 atom stereocenters. The fourth-order valence-corrected chi connectivity index (χ4v) is 2.86. The van der Waals surface area contributed by atoms with Crippen molar-refractivity contribution < 1.29 is 19.1 Å². The van der Waals surface area contributed by atoms with Gasteiger partial charge in [-0.1, -0.05) is 17.7 Å². The van der Waals surface area contributed by atoms with Gasteiger partial charge in [0.05, 0.1) is 12.8 Å². The highest BCUT2D eigenvalue weighted by molar-refractivity contribution is 5.98. The van der Waals surface area contributed by atoms with Crippen molar-refractivity contribution in [3.63, 3.8) is 0 Å². The number of hydrogen-bond acceptors (Lipinski definition) is 4. The van der Waals surface area contributed by atoms with Gasteiger partial charge in [0, 0.05) is 24.7 Å². The minimum atomic E-state index is -0.266. The molecule has 2 amide bonds. The van der Waals surface area contributed by atoms with Crippen molar-refractivity contribution in [3.8, 4) is 11.5 Å². The zero-order valence-electron chi connectivity index (χ0n) is 15.0. The predicted molar refractivity (Wildman–Crippen MR) is 99.9 cm³/mol. The Hall–Kier alpha value is -3.02. The molecule has 3 rings (SSSR count). The molecule has 2 aromatic rings.